The second-order valence-electron chi connectivity index (χ2n) is 5.61. The van der Waals surface area contributed by atoms with Crippen molar-refractivity contribution < 1.29 is 14.3 Å². The zero-order chi connectivity index (χ0) is 18.2. The molecular formula is C19H23BrN2O3. The van der Waals surface area contributed by atoms with Crippen molar-refractivity contribution in [2.75, 3.05) is 13.2 Å². The molecule has 1 atom stereocenters. The number of ether oxygens (including phenoxy) is 2. The van der Waals surface area contributed by atoms with E-state index in [4.69, 9.17) is 15.2 Å². The van der Waals surface area contributed by atoms with Gasteiger partial charge in [-0.05, 0) is 53.0 Å². The summed E-state index contributed by atoms with van der Waals surface area (Å²) in [5.41, 5.74) is 7.43. The molecule has 0 bridgehead atoms. The van der Waals surface area contributed by atoms with Crippen LogP contribution in [-0.2, 0) is 11.3 Å². The molecule has 6 heteroatoms. The molecule has 2 aromatic rings. The van der Waals surface area contributed by atoms with Gasteiger partial charge in [0.15, 0.2) is 18.1 Å². The number of hydrogen-bond acceptors (Lipinski definition) is 4. The van der Waals surface area contributed by atoms with Crippen molar-refractivity contribution >= 4 is 21.8 Å². The van der Waals surface area contributed by atoms with Crippen LogP contribution >= 0.6 is 15.9 Å². The monoisotopic (exact) mass is 406 g/mol. The van der Waals surface area contributed by atoms with Crippen molar-refractivity contribution in [3.8, 4) is 11.5 Å². The van der Waals surface area contributed by atoms with Crippen molar-refractivity contribution in [2.24, 2.45) is 5.73 Å². The molecule has 0 spiro atoms. The first-order chi connectivity index (χ1) is 12.0. The Morgan fingerprint density at radius 1 is 1.24 bits per heavy atom. The van der Waals surface area contributed by atoms with E-state index in [0.717, 1.165) is 10.0 Å². The van der Waals surface area contributed by atoms with E-state index in [1.54, 1.807) is 0 Å². The number of carbonyl (C=O) groups is 1. The summed E-state index contributed by atoms with van der Waals surface area (Å²) in [6, 6.07) is 14.3. The number of primary amides is 1. The second-order valence-corrected chi connectivity index (χ2v) is 6.46. The first kappa shape index (κ1) is 19.3. The highest BCUT2D eigenvalue weighted by atomic mass is 79.9. The molecule has 2 rings (SSSR count). The maximum Gasteiger partial charge on any atom is 0.255 e. The highest BCUT2D eigenvalue weighted by molar-refractivity contribution is 9.10. The second kappa shape index (κ2) is 9.44. The zero-order valence-corrected chi connectivity index (χ0v) is 16.0. The Balaban J connectivity index is 2.11. The number of carbonyl (C=O) groups excluding carboxylic acids is 1. The Morgan fingerprint density at radius 2 is 1.96 bits per heavy atom. The summed E-state index contributed by atoms with van der Waals surface area (Å²) in [5.74, 6) is 0.541. The molecule has 134 valence electrons. The van der Waals surface area contributed by atoms with Crippen molar-refractivity contribution in [1.29, 1.82) is 0 Å². The van der Waals surface area contributed by atoms with Crippen molar-refractivity contribution in [1.82, 2.24) is 5.32 Å². The number of rotatable bonds is 9. The van der Waals surface area contributed by atoms with E-state index in [9.17, 15) is 4.79 Å². The topological polar surface area (TPSA) is 73.6 Å². The summed E-state index contributed by atoms with van der Waals surface area (Å²) < 4.78 is 11.8. The van der Waals surface area contributed by atoms with Crippen LogP contribution in [0.3, 0.4) is 0 Å². The lowest BCUT2D eigenvalue weighted by molar-refractivity contribution is -0.119. The molecule has 0 heterocycles. The molecule has 2 aromatic carbocycles. The molecule has 25 heavy (non-hydrogen) atoms. The van der Waals surface area contributed by atoms with Gasteiger partial charge < -0.3 is 20.5 Å². The molecule has 0 aliphatic heterocycles. The first-order valence-electron chi connectivity index (χ1n) is 8.16. The Bertz CT molecular complexity index is 707. The van der Waals surface area contributed by atoms with Gasteiger partial charge in [-0.15, -0.1) is 0 Å². The third kappa shape index (κ3) is 5.76. The van der Waals surface area contributed by atoms with Gasteiger partial charge in [-0.2, -0.15) is 0 Å². The summed E-state index contributed by atoms with van der Waals surface area (Å²) >= 11 is 3.49. The van der Waals surface area contributed by atoms with Crippen LogP contribution in [0, 0.1) is 0 Å². The molecule has 0 saturated heterocycles. The summed E-state index contributed by atoms with van der Waals surface area (Å²) in [6.07, 6.45) is 0. The molecule has 0 saturated carbocycles. The molecule has 1 unspecified atom stereocenters. The predicted molar refractivity (Wildman–Crippen MR) is 102 cm³/mol. The van der Waals surface area contributed by atoms with Crippen LogP contribution in [0.1, 0.15) is 31.0 Å². The number of amides is 1. The van der Waals surface area contributed by atoms with E-state index in [0.29, 0.717) is 24.7 Å². The van der Waals surface area contributed by atoms with Crippen LogP contribution in [0.2, 0.25) is 0 Å². The van der Waals surface area contributed by atoms with E-state index in [1.165, 1.54) is 5.56 Å². The minimum atomic E-state index is -0.531. The fourth-order valence-electron chi connectivity index (χ4n) is 2.40. The van der Waals surface area contributed by atoms with Gasteiger partial charge in [-0.25, -0.2) is 0 Å². The van der Waals surface area contributed by atoms with Crippen molar-refractivity contribution in [2.45, 2.75) is 26.4 Å². The molecule has 0 aliphatic rings. The summed E-state index contributed by atoms with van der Waals surface area (Å²) in [4.78, 5) is 11.0. The fraction of sp³-hybridized carbons (Fsp3) is 0.316. The largest absolute Gasteiger partial charge is 0.490 e. The summed E-state index contributed by atoms with van der Waals surface area (Å²) in [7, 11) is 0. The minimum Gasteiger partial charge on any atom is -0.490 e. The van der Waals surface area contributed by atoms with Gasteiger partial charge in [-0.3, -0.25) is 4.79 Å². The summed E-state index contributed by atoms with van der Waals surface area (Å²) in [5, 5.41) is 3.49. The quantitative estimate of drug-likeness (QED) is 0.667. The lowest BCUT2D eigenvalue weighted by atomic mass is 10.1. The molecule has 5 nitrogen and oxygen atoms in total. The van der Waals surface area contributed by atoms with Crippen LogP contribution in [0.5, 0.6) is 11.5 Å². The standard InChI is InChI=1S/C19H23BrN2O3/c1-3-24-17-10-14(9-16(20)19(17)25-12-18(21)23)11-22-13(2)15-7-5-4-6-8-15/h4-10,13,22H,3,11-12H2,1-2H3,(H2,21,23). The third-order valence-corrected chi connectivity index (χ3v) is 4.23. The van der Waals surface area contributed by atoms with Gasteiger partial charge in [0.1, 0.15) is 0 Å². The Labute approximate surface area is 156 Å². The van der Waals surface area contributed by atoms with Crippen LogP contribution in [-0.4, -0.2) is 19.1 Å². The molecular weight excluding hydrogens is 384 g/mol. The lowest BCUT2D eigenvalue weighted by Crippen LogP contribution is -2.21. The number of nitrogens with one attached hydrogen (secondary N) is 1. The van der Waals surface area contributed by atoms with Gasteiger partial charge >= 0.3 is 0 Å². The molecule has 1 amide bonds. The summed E-state index contributed by atoms with van der Waals surface area (Å²) in [6.45, 7) is 5.00. The molecule has 3 N–H and O–H groups in total. The highest BCUT2D eigenvalue weighted by Crippen LogP contribution is 2.37. The molecule has 0 fully saturated rings. The SMILES string of the molecule is CCOc1cc(CNC(C)c2ccccc2)cc(Br)c1OCC(N)=O. The normalized spacial score (nSPS) is 11.8. The van der Waals surface area contributed by atoms with Crippen LogP contribution < -0.4 is 20.5 Å². The predicted octanol–water partition coefficient (Wildman–Crippen LogP) is 3.56. The number of benzene rings is 2. The maximum atomic E-state index is 11.0. The van der Waals surface area contributed by atoms with Gasteiger partial charge in [0.25, 0.3) is 5.91 Å². The molecule has 0 aliphatic carbocycles. The van der Waals surface area contributed by atoms with E-state index < -0.39 is 5.91 Å². The van der Waals surface area contributed by atoms with Gasteiger partial charge in [0, 0.05) is 12.6 Å². The van der Waals surface area contributed by atoms with Gasteiger partial charge in [0.2, 0.25) is 0 Å². The van der Waals surface area contributed by atoms with Crippen molar-refractivity contribution in [3.63, 3.8) is 0 Å². The number of halogens is 1. The molecule has 0 aromatic heterocycles. The third-order valence-electron chi connectivity index (χ3n) is 3.64. The van der Waals surface area contributed by atoms with Crippen LogP contribution in [0.15, 0.2) is 46.9 Å². The zero-order valence-electron chi connectivity index (χ0n) is 14.4. The Hall–Kier alpha value is -2.05. The Kier molecular flexibility index (Phi) is 7.28. The average molecular weight is 407 g/mol. The van der Waals surface area contributed by atoms with Crippen LogP contribution in [0.4, 0.5) is 0 Å². The van der Waals surface area contributed by atoms with Crippen LogP contribution in [0.25, 0.3) is 0 Å². The Morgan fingerprint density at radius 3 is 2.60 bits per heavy atom. The van der Waals surface area contributed by atoms with E-state index in [2.05, 4.69) is 40.3 Å². The van der Waals surface area contributed by atoms with Gasteiger partial charge in [-0.1, -0.05) is 30.3 Å². The van der Waals surface area contributed by atoms with E-state index >= 15 is 0 Å². The smallest absolute Gasteiger partial charge is 0.255 e. The average Bonchev–Trinajstić information content (AvgIpc) is 2.59. The van der Waals surface area contributed by atoms with E-state index in [-0.39, 0.29) is 12.6 Å². The lowest BCUT2D eigenvalue weighted by Gasteiger charge is -2.17. The number of nitrogens with two attached hydrogens (primary N) is 1. The number of hydrogen-bond donors (Lipinski definition) is 2. The van der Waals surface area contributed by atoms with Gasteiger partial charge in [0.05, 0.1) is 11.1 Å². The first-order valence-corrected chi connectivity index (χ1v) is 8.95. The fourth-order valence-corrected chi connectivity index (χ4v) is 3.00. The van der Waals surface area contributed by atoms with E-state index in [1.807, 2.05) is 37.3 Å². The van der Waals surface area contributed by atoms with Crippen molar-refractivity contribution in [3.05, 3.63) is 58.1 Å². The highest BCUT2D eigenvalue weighted by Gasteiger charge is 2.14. The minimum absolute atomic E-state index is 0.193. The molecule has 0 radical (unpaired) electrons. The maximum absolute atomic E-state index is 11.0.